The van der Waals surface area contributed by atoms with Crippen LogP contribution >= 0.6 is 11.8 Å². The number of nitriles is 1. The van der Waals surface area contributed by atoms with Crippen molar-refractivity contribution in [3.05, 3.63) is 58.8 Å². The van der Waals surface area contributed by atoms with Crippen LogP contribution in [0.1, 0.15) is 22.3 Å². The van der Waals surface area contributed by atoms with E-state index in [4.69, 9.17) is 5.26 Å². The highest BCUT2D eigenvalue weighted by molar-refractivity contribution is 7.98. The molecule has 0 aliphatic rings. The maximum absolute atomic E-state index is 9.15. The van der Waals surface area contributed by atoms with Gasteiger partial charge in [0.25, 0.3) is 0 Å². The number of thioether (sulfide) groups is 1. The van der Waals surface area contributed by atoms with Crippen LogP contribution in [0, 0.1) is 25.2 Å². The van der Waals surface area contributed by atoms with Crippen molar-refractivity contribution in [1.82, 2.24) is 4.98 Å². The van der Waals surface area contributed by atoms with Crippen molar-refractivity contribution in [3.8, 4) is 6.07 Å². The molecule has 0 atom stereocenters. The van der Waals surface area contributed by atoms with Crippen molar-refractivity contribution in [1.29, 1.82) is 5.26 Å². The van der Waals surface area contributed by atoms with Gasteiger partial charge in [-0.2, -0.15) is 5.26 Å². The molecule has 1 aromatic carbocycles. The van der Waals surface area contributed by atoms with Crippen LogP contribution in [0.15, 0.2) is 41.6 Å². The van der Waals surface area contributed by atoms with Gasteiger partial charge in [0.1, 0.15) is 11.1 Å². The number of hydrogen-bond acceptors (Lipinski definition) is 3. The lowest BCUT2D eigenvalue weighted by molar-refractivity contribution is 1.08. The molecule has 0 radical (unpaired) electrons. The van der Waals surface area contributed by atoms with E-state index in [-0.39, 0.29) is 0 Å². The predicted molar refractivity (Wildman–Crippen MR) is 74.4 cm³/mol. The van der Waals surface area contributed by atoms with E-state index in [0.717, 1.165) is 16.3 Å². The first-order valence-corrected chi connectivity index (χ1v) is 6.74. The fraction of sp³-hybridized carbons (Fsp3) is 0.200. The Labute approximate surface area is 112 Å². The molecule has 0 N–H and O–H groups in total. The molecule has 2 nitrogen and oxygen atoms in total. The Bertz CT molecular complexity index is 600. The summed E-state index contributed by atoms with van der Waals surface area (Å²) in [5.41, 5.74) is 4.24. The zero-order chi connectivity index (χ0) is 13.0. The summed E-state index contributed by atoms with van der Waals surface area (Å²) in [6.07, 6.45) is 1.76. The normalized spacial score (nSPS) is 10.1. The summed E-state index contributed by atoms with van der Waals surface area (Å²) in [7, 11) is 0. The highest BCUT2D eigenvalue weighted by Crippen LogP contribution is 2.26. The quantitative estimate of drug-likeness (QED) is 0.780. The van der Waals surface area contributed by atoms with Crippen LogP contribution < -0.4 is 0 Å². The van der Waals surface area contributed by atoms with Crippen LogP contribution in [0.3, 0.4) is 0 Å². The summed E-state index contributed by atoms with van der Waals surface area (Å²) >= 11 is 1.62. The summed E-state index contributed by atoms with van der Waals surface area (Å²) in [5.74, 6) is 0.845. The van der Waals surface area contributed by atoms with Crippen molar-refractivity contribution >= 4 is 11.8 Å². The van der Waals surface area contributed by atoms with Gasteiger partial charge < -0.3 is 0 Å². The molecular weight excluding hydrogens is 240 g/mol. The Morgan fingerprint density at radius 3 is 2.67 bits per heavy atom. The van der Waals surface area contributed by atoms with Crippen LogP contribution in [0.25, 0.3) is 0 Å². The van der Waals surface area contributed by atoms with E-state index >= 15 is 0 Å². The minimum Gasteiger partial charge on any atom is -0.249 e. The molecule has 0 aliphatic carbocycles. The van der Waals surface area contributed by atoms with Gasteiger partial charge in [0, 0.05) is 11.9 Å². The largest absolute Gasteiger partial charge is 0.249 e. The van der Waals surface area contributed by atoms with Crippen molar-refractivity contribution in [3.63, 3.8) is 0 Å². The molecule has 0 bridgehead atoms. The molecule has 0 aliphatic heterocycles. The van der Waals surface area contributed by atoms with E-state index in [1.165, 1.54) is 11.1 Å². The summed E-state index contributed by atoms with van der Waals surface area (Å²) in [6.45, 7) is 4.04. The van der Waals surface area contributed by atoms with Crippen LogP contribution in [0.2, 0.25) is 0 Å². The van der Waals surface area contributed by atoms with Crippen molar-refractivity contribution in [2.24, 2.45) is 0 Å². The van der Waals surface area contributed by atoms with Crippen molar-refractivity contribution in [2.75, 3.05) is 0 Å². The third kappa shape index (κ3) is 2.72. The molecular formula is C15H14N2S. The second-order valence-electron chi connectivity index (χ2n) is 4.13. The third-order valence-corrected chi connectivity index (χ3v) is 3.90. The Morgan fingerprint density at radius 1 is 1.17 bits per heavy atom. The van der Waals surface area contributed by atoms with Crippen LogP contribution in [-0.2, 0) is 5.75 Å². The number of aromatic nitrogens is 1. The van der Waals surface area contributed by atoms with Gasteiger partial charge in [-0.3, -0.25) is 0 Å². The Hall–Kier alpha value is -1.79. The SMILES string of the molecule is Cc1ccccc1CSc1nccc(C)c1C#N. The Kier molecular flexibility index (Phi) is 4.01. The minimum absolute atomic E-state index is 0.691. The van der Waals surface area contributed by atoms with Crippen LogP contribution in [-0.4, -0.2) is 4.98 Å². The zero-order valence-electron chi connectivity index (χ0n) is 10.5. The molecule has 2 rings (SSSR count). The lowest BCUT2D eigenvalue weighted by atomic mass is 10.1. The molecule has 3 heteroatoms. The molecule has 0 fully saturated rings. The monoisotopic (exact) mass is 254 g/mol. The van der Waals surface area contributed by atoms with Crippen molar-refractivity contribution in [2.45, 2.75) is 24.6 Å². The van der Waals surface area contributed by atoms with Crippen LogP contribution in [0.4, 0.5) is 0 Å². The second kappa shape index (κ2) is 5.70. The van der Waals surface area contributed by atoms with Gasteiger partial charge in [0.15, 0.2) is 0 Å². The predicted octanol–water partition coefficient (Wildman–Crippen LogP) is 3.86. The average Bonchev–Trinajstić information content (AvgIpc) is 2.38. The van der Waals surface area contributed by atoms with Gasteiger partial charge in [-0.05, 0) is 36.6 Å². The van der Waals surface area contributed by atoms with Gasteiger partial charge in [0.05, 0.1) is 5.56 Å². The average molecular weight is 254 g/mol. The van der Waals surface area contributed by atoms with E-state index in [2.05, 4.69) is 30.1 Å². The van der Waals surface area contributed by atoms with E-state index in [9.17, 15) is 0 Å². The highest BCUT2D eigenvalue weighted by atomic mass is 32.2. The molecule has 0 saturated heterocycles. The maximum atomic E-state index is 9.15. The van der Waals surface area contributed by atoms with Crippen LogP contribution in [0.5, 0.6) is 0 Å². The molecule has 0 saturated carbocycles. The first kappa shape index (κ1) is 12.7. The fourth-order valence-corrected chi connectivity index (χ4v) is 2.80. The van der Waals surface area contributed by atoms with Crippen molar-refractivity contribution < 1.29 is 0 Å². The first-order chi connectivity index (χ1) is 8.72. The lowest BCUT2D eigenvalue weighted by Crippen LogP contribution is -1.92. The fourth-order valence-electron chi connectivity index (χ4n) is 1.70. The van der Waals surface area contributed by atoms with Gasteiger partial charge in [-0.15, -0.1) is 11.8 Å². The molecule has 90 valence electrons. The molecule has 0 unspecified atom stereocenters. The molecule has 0 amide bonds. The van der Waals surface area contributed by atoms with Gasteiger partial charge >= 0.3 is 0 Å². The molecule has 1 heterocycles. The number of pyridine rings is 1. The number of benzene rings is 1. The Morgan fingerprint density at radius 2 is 1.94 bits per heavy atom. The standard InChI is InChI=1S/C15H14N2S/c1-11-5-3-4-6-13(11)10-18-15-14(9-16)12(2)7-8-17-15/h3-8H,10H2,1-2H3. The van der Waals surface area contributed by atoms with E-state index in [1.54, 1.807) is 18.0 Å². The minimum atomic E-state index is 0.691. The molecule has 2 aromatic rings. The molecule has 1 aromatic heterocycles. The number of nitrogens with zero attached hydrogens (tertiary/aromatic N) is 2. The Balaban J connectivity index is 2.19. The summed E-state index contributed by atoms with van der Waals surface area (Å²) in [4.78, 5) is 4.30. The lowest BCUT2D eigenvalue weighted by Gasteiger charge is -2.07. The highest BCUT2D eigenvalue weighted by Gasteiger charge is 2.07. The smallest absolute Gasteiger partial charge is 0.114 e. The summed E-state index contributed by atoms with van der Waals surface area (Å²) in [6, 6.07) is 12.4. The van der Waals surface area contributed by atoms with Gasteiger partial charge in [-0.1, -0.05) is 24.3 Å². The van der Waals surface area contributed by atoms with E-state index in [0.29, 0.717) is 5.56 Å². The van der Waals surface area contributed by atoms with Gasteiger partial charge in [-0.25, -0.2) is 4.98 Å². The first-order valence-electron chi connectivity index (χ1n) is 5.75. The zero-order valence-corrected chi connectivity index (χ0v) is 11.3. The van der Waals surface area contributed by atoms with E-state index < -0.39 is 0 Å². The maximum Gasteiger partial charge on any atom is 0.114 e. The molecule has 0 spiro atoms. The third-order valence-electron chi connectivity index (χ3n) is 2.86. The number of rotatable bonds is 3. The summed E-state index contributed by atoms with van der Waals surface area (Å²) in [5, 5.41) is 9.97. The van der Waals surface area contributed by atoms with Gasteiger partial charge in [0.2, 0.25) is 0 Å². The topological polar surface area (TPSA) is 36.7 Å². The molecule has 18 heavy (non-hydrogen) atoms. The van der Waals surface area contributed by atoms with E-state index in [1.807, 2.05) is 25.1 Å². The number of hydrogen-bond donors (Lipinski definition) is 0. The second-order valence-corrected chi connectivity index (χ2v) is 5.10. The number of aryl methyl sites for hydroxylation is 2. The summed E-state index contributed by atoms with van der Waals surface area (Å²) < 4.78 is 0.